The van der Waals surface area contributed by atoms with E-state index in [2.05, 4.69) is 15.9 Å². The van der Waals surface area contributed by atoms with E-state index in [1.54, 1.807) is 25.3 Å². The molecule has 0 heterocycles. The summed E-state index contributed by atoms with van der Waals surface area (Å²) in [5.74, 6) is 0.734. The molecule has 2 aromatic rings. The average molecular weight is 326 g/mol. The highest BCUT2D eigenvalue weighted by Crippen LogP contribution is 2.27. The average Bonchev–Trinajstić information content (AvgIpc) is 2.40. The number of methoxy groups -OCH3 is 1. The van der Waals surface area contributed by atoms with Crippen LogP contribution >= 0.6 is 15.9 Å². The van der Waals surface area contributed by atoms with Crippen molar-refractivity contribution in [2.45, 2.75) is 6.61 Å². The van der Waals surface area contributed by atoms with Crippen molar-refractivity contribution < 1.29 is 13.9 Å². The second kappa shape index (κ2) is 5.93. The first-order valence-electron chi connectivity index (χ1n) is 5.60. The van der Waals surface area contributed by atoms with Crippen LogP contribution in [0.2, 0.25) is 0 Å². The number of anilines is 1. The van der Waals surface area contributed by atoms with Crippen molar-refractivity contribution in [3.8, 4) is 11.5 Å². The third kappa shape index (κ3) is 3.38. The molecule has 3 nitrogen and oxygen atoms in total. The zero-order valence-electron chi connectivity index (χ0n) is 10.3. The molecule has 5 heteroatoms. The van der Waals surface area contributed by atoms with Gasteiger partial charge in [-0.3, -0.25) is 0 Å². The van der Waals surface area contributed by atoms with Crippen LogP contribution in [0.15, 0.2) is 40.9 Å². The standard InChI is InChI=1S/C14H13BrFNO2/c1-18-13-5-2-9(6-12(13)17)8-19-14-7-10(16)3-4-11(14)15/h2-7H,8,17H2,1H3. The van der Waals surface area contributed by atoms with Gasteiger partial charge in [0, 0.05) is 6.07 Å². The van der Waals surface area contributed by atoms with E-state index in [1.807, 2.05) is 6.07 Å². The Hall–Kier alpha value is -1.75. The largest absolute Gasteiger partial charge is 0.495 e. The number of nitrogen functional groups attached to an aromatic ring is 1. The first-order valence-corrected chi connectivity index (χ1v) is 6.39. The molecule has 2 aromatic carbocycles. The van der Waals surface area contributed by atoms with Crippen LogP contribution in [0.4, 0.5) is 10.1 Å². The molecule has 2 N–H and O–H groups in total. The minimum atomic E-state index is -0.340. The summed E-state index contributed by atoms with van der Waals surface area (Å²) in [5, 5.41) is 0. The van der Waals surface area contributed by atoms with Gasteiger partial charge in [-0.1, -0.05) is 6.07 Å². The molecule has 0 saturated carbocycles. The van der Waals surface area contributed by atoms with E-state index in [-0.39, 0.29) is 5.82 Å². The van der Waals surface area contributed by atoms with Gasteiger partial charge in [0.15, 0.2) is 0 Å². The van der Waals surface area contributed by atoms with Gasteiger partial charge in [0.25, 0.3) is 0 Å². The highest BCUT2D eigenvalue weighted by molar-refractivity contribution is 9.10. The first kappa shape index (κ1) is 13.7. The second-order valence-electron chi connectivity index (χ2n) is 3.94. The lowest BCUT2D eigenvalue weighted by Crippen LogP contribution is -1.99. The number of ether oxygens (including phenoxy) is 2. The zero-order chi connectivity index (χ0) is 13.8. The molecule has 0 unspecified atom stereocenters. The molecular weight excluding hydrogens is 313 g/mol. The smallest absolute Gasteiger partial charge is 0.141 e. The van der Waals surface area contributed by atoms with Crippen molar-refractivity contribution in [1.82, 2.24) is 0 Å². The van der Waals surface area contributed by atoms with Crippen molar-refractivity contribution in [1.29, 1.82) is 0 Å². The molecule has 0 aliphatic heterocycles. The highest BCUT2D eigenvalue weighted by Gasteiger charge is 2.05. The number of hydrogen-bond acceptors (Lipinski definition) is 3. The summed E-state index contributed by atoms with van der Waals surface area (Å²) >= 11 is 3.30. The summed E-state index contributed by atoms with van der Waals surface area (Å²) in [6.45, 7) is 0.302. The molecule has 0 amide bonds. The zero-order valence-corrected chi connectivity index (χ0v) is 11.9. The van der Waals surface area contributed by atoms with Gasteiger partial charge in [0.05, 0.1) is 17.3 Å². The molecule has 0 fully saturated rings. The van der Waals surface area contributed by atoms with Gasteiger partial charge in [-0.15, -0.1) is 0 Å². The number of nitrogens with two attached hydrogens (primary N) is 1. The Bertz CT molecular complexity index is 590. The summed E-state index contributed by atoms with van der Waals surface area (Å²) in [4.78, 5) is 0. The number of hydrogen-bond donors (Lipinski definition) is 1. The number of benzene rings is 2. The van der Waals surface area contributed by atoms with Gasteiger partial charge in [-0.25, -0.2) is 4.39 Å². The molecule has 0 aliphatic carbocycles. The van der Waals surface area contributed by atoms with Crippen LogP contribution in [0, 0.1) is 5.82 Å². The fraction of sp³-hybridized carbons (Fsp3) is 0.143. The topological polar surface area (TPSA) is 44.5 Å². The number of halogens is 2. The molecular formula is C14H13BrFNO2. The van der Waals surface area contributed by atoms with Crippen molar-refractivity contribution in [3.63, 3.8) is 0 Å². The molecule has 19 heavy (non-hydrogen) atoms. The van der Waals surface area contributed by atoms with E-state index in [0.29, 0.717) is 28.3 Å². The van der Waals surface area contributed by atoms with E-state index in [0.717, 1.165) is 5.56 Å². The van der Waals surface area contributed by atoms with E-state index in [4.69, 9.17) is 15.2 Å². The molecule has 0 spiro atoms. The minimum Gasteiger partial charge on any atom is -0.495 e. The predicted molar refractivity (Wildman–Crippen MR) is 75.8 cm³/mol. The Morgan fingerprint density at radius 1 is 1.16 bits per heavy atom. The Morgan fingerprint density at radius 3 is 2.63 bits per heavy atom. The summed E-state index contributed by atoms with van der Waals surface area (Å²) in [7, 11) is 1.56. The Labute approximate surface area is 119 Å². The van der Waals surface area contributed by atoms with Gasteiger partial charge in [-0.05, 0) is 45.8 Å². The van der Waals surface area contributed by atoms with Crippen molar-refractivity contribution >= 4 is 21.6 Å². The maximum Gasteiger partial charge on any atom is 0.141 e. The van der Waals surface area contributed by atoms with Crippen LogP contribution in [-0.2, 0) is 6.61 Å². The van der Waals surface area contributed by atoms with Crippen molar-refractivity contribution in [3.05, 3.63) is 52.3 Å². The lowest BCUT2D eigenvalue weighted by molar-refractivity contribution is 0.302. The van der Waals surface area contributed by atoms with E-state index >= 15 is 0 Å². The molecule has 0 bridgehead atoms. The summed E-state index contributed by atoms with van der Waals surface area (Å²) in [6, 6.07) is 9.69. The maximum atomic E-state index is 13.1. The molecule has 0 saturated heterocycles. The third-order valence-corrected chi connectivity index (χ3v) is 3.24. The molecule has 2 rings (SSSR count). The van der Waals surface area contributed by atoms with E-state index < -0.39 is 0 Å². The molecule has 0 aromatic heterocycles. The SMILES string of the molecule is COc1ccc(COc2cc(F)ccc2Br)cc1N. The fourth-order valence-electron chi connectivity index (χ4n) is 1.62. The first-order chi connectivity index (χ1) is 9.10. The Kier molecular flexibility index (Phi) is 4.27. The fourth-order valence-corrected chi connectivity index (χ4v) is 1.98. The maximum absolute atomic E-state index is 13.1. The van der Waals surface area contributed by atoms with E-state index in [9.17, 15) is 4.39 Å². The van der Waals surface area contributed by atoms with Crippen LogP contribution < -0.4 is 15.2 Å². The predicted octanol–water partition coefficient (Wildman–Crippen LogP) is 3.76. The Balaban J connectivity index is 2.10. The van der Waals surface area contributed by atoms with Crippen LogP contribution in [0.3, 0.4) is 0 Å². The quantitative estimate of drug-likeness (QED) is 0.870. The summed E-state index contributed by atoms with van der Waals surface area (Å²) < 4.78 is 24.4. The van der Waals surface area contributed by atoms with Crippen LogP contribution in [-0.4, -0.2) is 7.11 Å². The molecule has 0 radical (unpaired) electrons. The normalized spacial score (nSPS) is 10.3. The highest BCUT2D eigenvalue weighted by atomic mass is 79.9. The monoisotopic (exact) mass is 325 g/mol. The summed E-state index contributed by atoms with van der Waals surface area (Å²) in [5.41, 5.74) is 7.23. The van der Waals surface area contributed by atoms with Crippen molar-refractivity contribution in [2.24, 2.45) is 0 Å². The van der Waals surface area contributed by atoms with Gasteiger partial charge in [-0.2, -0.15) is 0 Å². The second-order valence-corrected chi connectivity index (χ2v) is 4.79. The van der Waals surface area contributed by atoms with Crippen molar-refractivity contribution in [2.75, 3.05) is 12.8 Å². The minimum absolute atomic E-state index is 0.302. The molecule has 0 atom stereocenters. The number of rotatable bonds is 4. The lowest BCUT2D eigenvalue weighted by Gasteiger charge is -2.10. The van der Waals surface area contributed by atoms with Gasteiger partial charge >= 0.3 is 0 Å². The van der Waals surface area contributed by atoms with E-state index in [1.165, 1.54) is 12.1 Å². The van der Waals surface area contributed by atoms with Crippen LogP contribution in [0.5, 0.6) is 11.5 Å². The van der Waals surface area contributed by atoms with Gasteiger partial charge < -0.3 is 15.2 Å². The molecule has 100 valence electrons. The Morgan fingerprint density at radius 2 is 1.95 bits per heavy atom. The van der Waals surface area contributed by atoms with Gasteiger partial charge in [0.2, 0.25) is 0 Å². The molecule has 0 aliphatic rings. The lowest BCUT2D eigenvalue weighted by atomic mass is 10.2. The van der Waals surface area contributed by atoms with Gasteiger partial charge in [0.1, 0.15) is 23.9 Å². The van der Waals surface area contributed by atoms with Crippen LogP contribution in [0.1, 0.15) is 5.56 Å². The third-order valence-electron chi connectivity index (χ3n) is 2.58. The summed E-state index contributed by atoms with van der Waals surface area (Å²) in [6.07, 6.45) is 0. The van der Waals surface area contributed by atoms with Crippen LogP contribution in [0.25, 0.3) is 0 Å².